The summed E-state index contributed by atoms with van der Waals surface area (Å²) in [4.78, 5) is 13.0. The molecule has 1 aliphatic heterocycles. The van der Waals surface area contributed by atoms with Crippen molar-refractivity contribution in [3.63, 3.8) is 0 Å². The van der Waals surface area contributed by atoms with E-state index in [-0.39, 0.29) is 0 Å². The van der Waals surface area contributed by atoms with Crippen LogP contribution < -0.4 is 10.6 Å². The number of thiophene rings is 1. The molecule has 0 amide bonds. The number of aliphatic imine (C=N–C) groups is 1. The molecule has 25 heavy (non-hydrogen) atoms. The quantitative estimate of drug-likeness (QED) is 0.611. The van der Waals surface area contributed by atoms with Crippen LogP contribution in [0.1, 0.15) is 34.7 Å². The maximum absolute atomic E-state index is 5.59. The van der Waals surface area contributed by atoms with E-state index in [0.717, 1.165) is 50.1 Å². The van der Waals surface area contributed by atoms with Gasteiger partial charge in [-0.1, -0.05) is 0 Å². The standard InChI is InChI=1S/C18H27N5OS/c1-4-19-18(21-11-17-22-13(2)14(3)24-17)20-7-9-23-8-5-16-15(12-23)6-10-25-16/h6,10H,4-5,7-9,11-12H2,1-3H3,(H2,19,20,21). The van der Waals surface area contributed by atoms with E-state index < -0.39 is 0 Å². The maximum atomic E-state index is 5.59. The number of fused-ring (bicyclic) bond motifs is 1. The van der Waals surface area contributed by atoms with E-state index in [9.17, 15) is 0 Å². The largest absolute Gasteiger partial charge is 0.444 e. The molecule has 0 aromatic carbocycles. The summed E-state index contributed by atoms with van der Waals surface area (Å²) < 4.78 is 5.59. The lowest BCUT2D eigenvalue weighted by Gasteiger charge is -2.27. The van der Waals surface area contributed by atoms with Gasteiger partial charge >= 0.3 is 0 Å². The SMILES string of the molecule is CCNC(=NCc1nc(C)c(C)o1)NCCN1CCc2sccc2C1. The van der Waals surface area contributed by atoms with Crippen molar-refractivity contribution in [1.82, 2.24) is 20.5 Å². The van der Waals surface area contributed by atoms with Gasteiger partial charge < -0.3 is 15.1 Å². The summed E-state index contributed by atoms with van der Waals surface area (Å²) in [6.07, 6.45) is 1.17. The fourth-order valence-corrected chi connectivity index (χ4v) is 3.82. The van der Waals surface area contributed by atoms with Crippen molar-refractivity contribution in [1.29, 1.82) is 0 Å². The van der Waals surface area contributed by atoms with Crippen molar-refractivity contribution < 1.29 is 4.42 Å². The van der Waals surface area contributed by atoms with Crippen LogP contribution in [0.25, 0.3) is 0 Å². The monoisotopic (exact) mass is 361 g/mol. The summed E-state index contributed by atoms with van der Waals surface area (Å²) >= 11 is 1.88. The topological polar surface area (TPSA) is 65.7 Å². The zero-order valence-corrected chi connectivity index (χ0v) is 16.1. The Labute approximate surface area is 153 Å². The Morgan fingerprint density at radius 3 is 3.04 bits per heavy atom. The van der Waals surface area contributed by atoms with Gasteiger partial charge in [-0.2, -0.15) is 0 Å². The van der Waals surface area contributed by atoms with Crippen LogP contribution in [-0.4, -0.2) is 42.0 Å². The molecule has 0 fully saturated rings. The van der Waals surface area contributed by atoms with Gasteiger partial charge in [0, 0.05) is 37.6 Å². The lowest BCUT2D eigenvalue weighted by molar-refractivity contribution is 0.260. The van der Waals surface area contributed by atoms with Crippen LogP contribution in [-0.2, 0) is 19.5 Å². The van der Waals surface area contributed by atoms with Gasteiger partial charge in [0.2, 0.25) is 5.89 Å². The Morgan fingerprint density at radius 1 is 1.40 bits per heavy atom. The predicted molar refractivity (Wildman–Crippen MR) is 102 cm³/mol. The third-order valence-electron chi connectivity index (χ3n) is 4.40. The first kappa shape index (κ1) is 17.9. The normalized spacial score (nSPS) is 15.2. The molecule has 2 N–H and O–H groups in total. The molecule has 7 heteroatoms. The van der Waals surface area contributed by atoms with Gasteiger partial charge in [-0.3, -0.25) is 4.90 Å². The fraction of sp³-hybridized carbons (Fsp3) is 0.556. The van der Waals surface area contributed by atoms with Crippen LogP contribution in [0, 0.1) is 13.8 Å². The molecule has 2 aromatic rings. The number of oxazole rings is 1. The highest BCUT2D eigenvalue weighted by molar-refractivity contribution is 7.10. The number of hydrogen-bond donors (Lipinski definition) is 2. The molecule has 0 aliphatic carbocycles. The van der Waals surface area contributed by atoms with Crippen LogP contribution in [0.3, 0.4) is 0 Å². The van der Waals surface area contributed by atoms with Crippen LogP contribution in [0.5, 0.6) is 0 Å². The van der Waals surface area contributed by atoms with Crippen molar-refractivity contribution in [2.45, 2.75) is 40.3 Å². The molecule has 0 saturated heterocycles. The Balaban J connectivity index is 1.47. The molecule has 6 nitrogen and oxygen atoms in total. The van der Waals surface area contributed by atoms with Crippen LogP contribution in [0.4, 0.5) is 0 Å². The Morgan fingerprint density at radius 2 is 2.28 bits per heavy atom. The van der Waals surface area contributed by atoms with Crippen molar-refractivity contribution in [3.8, 4) is 0 Å². The minimum Gasteiger partial charge on any atom is -0.444 e. The molecule has 0 bridgehead atoms. The van der Waals surface area contributed by atoms with Crippen LogP contribution in [0.15, 0.2) is 20.9 Å². The Bertz CT molecular complexity index is 701. The molecule has 0 saturated carbocycles. The van der Waals surface area contributed by atoms with Gasteiger partial charge in [-0.15, -0.1) is 11.3 Å². The van der Waals surface area contributed by atoms with Crippen LogP contribution >= 0.6 is 11.3 Å². The second kappa shape index (κ2) is 8.49. The van der Waals surface area contributed by atoms with E-state index in [1.165, 1.54) is 12.0 Å². The number of aryl methyl sites for hydroxylation is 2. The van der Waals surface area contributed by atoms with Gasteiger partial charge in [0.05, 0.1) is 5.69 Å². The van der Waals surface area contributed by atoms with Crippen LogP contribution in [0.2, 0.25) is 0 Å². The molecule has 3 rings (SSSR count). The molecule has 0 atom stereocenters. The summed E-state index contributed by atoms with van der Waals surface area (Å²) in [6, 6.07) is 2.26. The highest BCUT2D eigenvalue weighted by atomic mass is 32.1. The van der Waals surface area contributed by atoms with E-state index >= 15 is 0 Å². The summed E-state index contributed by atoms with van der Waals surface area (Å²) in [5.74, 6) is 2.33. The minimum atomic E-state index is 0.450. The van der Waals surface area contributed by atoms with E-state index in [0.29, 0.717) is 12.4 Å². The number of aromatic nitrogens is 1. The first-order valence-corrected chi connectivity index (χ1v) is 9.76. The summed E-state index contributed by atoms with van der Waals surface area (Å²) in [6.45, 7) is 11.3. The minimum absolute atomic E-state index is 0.450. The van der Waals surface area contributed by atoms with Gasteiger partial charge in [0.1, 0.15) is 12.3 Å². The highest BCUT2D eigenvalue weighted by Crippen LogP contribution is 2.23. The average Bonchev–Trinajstić information content (AvgIpc) is 3.19. The van der Waals surface area contributed by atoms with E-state index in [1.807, 2.05) is 25.2 Å². The Hall–Kier alpha value is -1.86. The predicted octanol–water partition coefficient (Wildman–Crippen LogP) is 2.47. The molecule has 0 spiro atoms. The van der Waals surface area contributed by atoms with Gasteiger partial charge in [0.15, 0.2) is 5.96 Å². The van der Waals surface area contributed by atoms with Gasteiger partial charge in [-0.25, -0.2) is 9.98 Å². The third-order valence-corrected chi connectivity index (χ3v) is 5.42. The molecule has 136 valence electrons. The highest BCUT2D eigenvalue weighted by Gasteiger charge is 2.16. The fourth-order valence-electron chi connectivity index (χ4n) is 2.93. The lowest BCUT2D eigenvalue weighted by atomic mass is 10.1. The number of hydrogen-bond acceptors (Lipinski definition) is 5. The van der Waals surface area contributed by atoms with Crippen molar-refractivity contribution >= 4 is 17.3 Å². The molecule has 2 aromatic heterocycles. The first-order chi connectivity index (χ1) is 12.2. The molecule has 1 aliphatic rings. The number of nitrogens with zero attached hydrogens (tertiary/aromatic N) is 3. The van der Waals surface area contributed by atoms with E-state index in [4.69, 9.17) is 4.42 Å². The second-order valence-electron chi connectivity index (χ2n) is 6.27. The van der Waals surface area contributed by atoms with Gasteiger partial charge in [-0.05, 0) is 44.2 Å². The number of guanidine groups is 1. The third kappa shape index (κ3) is 4.83. The molecule has 3 heterocycles. The summed E-state index contributed by atoms with van der Waals surface area (Å²) in [5.41, 5.74) is 2.42. The van der Waals surface area contributed by atoms with Gasteiger partial charge in [0.25, 0.3) is 0 Å². The zero-order valence-electron chi connectivity index (χ0n) is 15.3. The second-order valence-corrected chi connectivity index (χ2v) is 7.27. The summed E-state index contributed by atoms with van der Waals surface area (Å²) in [5, 5.41) is 8.89. The zero-order chi connectivity index (χ0) is 17.6. The summed E-state index contributed by atoms with van der Waals surface area (Å²) in [7, 11) is 0. The van der Waals surface area contributed by atoms with E-state index in [2.05, 4.69) is 43.9 Å². The van der Waals surface area contributed by atoms with Crippen molar-refractivity contribution in [2.24, 2.45) is 4.99 Å². The molecular formula is C18H27N5OS. The number of rotatable bonds is 6. The maximum Gasteiger partial charge on any atom is 0.216 e. The molecule has 0 unspecified atom stereocenters. The molecular weight excluding hydrogens is 334 g/mol. The smallest absolute Gasteiger partial charge is 0.216 e. The van der Waals surface area contributed by atoms with E-state index in [1.54, 1.807) is 4.88 Å². The number of nitrogens with one attached hydrogen (secondary N) is 2. The Kier molecular flexibility index (Phi) is 6.09. The first-order valence-electron chi connectivity index (χ1n) is 8.88. The average molecular weight is 362 g/mol. The molecule has 0 radical (unpaired) electrons. The van der Waals surface area contributed by atoms with Crippen molar-refractivity contribution in [3.05, 3.63) is 39.2 Å². The van der Waals surface area contributed by atoms with Crippen molar-refractivity contribution in [2.75, 3.05) is 26.2 Å². The lowest BCUT2D eigenvalue weighted by Crippen LogP contribution is -2.42.